The molecule has 5 heteroatoms. The number of hydrogen-bond donors (Lipinski definition) is 2. The Hall–Kier alpha value is -1.91. The summed E-state index contributed by atoms with van der Waals surface area (Å²) in [7, 11) is 0. The Kier molecular flexibility index (Phi) is 4.84. The molecule has 1 aromatic rings. The van der Waals surface area contributed by atoms with E-state index in [-0.39, 0.29) is 17.6 Å². The monoisotopic (exact) mass is 307 g/mol. The Bertz CT molecular complexity index is 571. The van der Waals surface area contributed by atoms with Crippen molar-refractivity contribution in [2.75, 3.05) is 0 Å². The van der Waals surface area contributed by atoms with Crippen molar-refractivity contribution in [3.05, 3.63) is 35.6 Å². The average molecular weight is 307 g/mol. The first kappa shape index (κ1) is 16.5. The SMILES string of the molecule is CC(C)(NC(=O)C1CCCC(C(=O)O)C1)c1cccc(F)c1. The number of benzene rings is 1. The van der Waals surface area contributed by atoms with E-state index in [2.05, 4.69) is 5.32 Å². The molecule has 1 amide bonds. The van der Waals surface area contributed by atoms with Gasteiger partial charge >= 0.3 is 5.97 Å². The van der Waals surface area contributed by atoms with Gasteiger partial charge in [0.05, 0.1) is 11.5 Å². The van der Waals surface area contributed by atoms with Gasteiger partial charge in [-0.25, -0.2) is 4.39 Å². The predicted molar refractivity (Wildman–Crippen MR) is 80.7 cm³/mol. The van der Waals surface area contributed by atoms with E-state index in [0.29, 0.717) is 24.8 Å². The quantitative estimate of drug-likeness (QED) is 0.898. The van der Waals surface area contributed by atoms with E-state index >= 15 is 0 Å². The molecule has 22 heavy (non-hydrogen) atoms. The fourth-order valence-corrected chi connectivity index (χ4v) is 3.01. The maximum atomic E-state index is 13.4. The van der Waals surface area contributed by atoms with Gasteiger partial charge in [0, 0.05) is 5.92 Å². The number of nitrogens with one attached hydrogen (secondary N) is 1. The molecule has 4 nitrogen and oxygen atoms in total. The first-order chi connectivity index (χ1) is 10.3. The smallest absolute Gasteiger partial charge is 0.306 e. The minimum atomic E-state index is -0.832. The van der Waals surface area contributed by atoms with Crippen LogP contribution in [-0.2, 0) is 15.1 Å². The molecule has 0 saturated heterocycles. The second kappa shape index (κ2) is 6.46. The minimum Gasteiger partial charge on any atom is -0.481 e. The summed E-state index contributed by atoms with van der Waals surface area (Å²) in [5.74, 6) is -2.06. The zero-order valence-electron chi connectivity index (χ0n) is 12.9. The summed E-state index contributed by atoms with van der Waals surface area (Å²) in [4.78, 5) is 23.5. The van der Waals surface area contributed by atoms with Crippen LogP contribution in [0, 0.1) is 17.7 Å². The summed E-state index contributed by atoms with van der Waals surface area (Å²) in [6.07, 6.45) is 2.46. The number of hydrogen-bond acceptors (Lipinski definition) is 2. The van der Waals surface area contributed by atoms with E-state index in [9.17, 15) is 14.0 Å². The molecule has 0 radical (unpaired) electrons. The zero-order chi connectivity index (χ0) is 16.3. The molecule has 120 valence electrons. The van der Waals surface area contributed by atoms with E-state index in [1.54, 1.807) is 12.1 Å². The van der Waals surface area contributed by atoms with Gasteiger partial charge in [0.1, 0.15) is 5.82 Å². The molecule has 2 N–H and O–H groups in total. The highest BCUT2D eigenvalue weighted by Crippen LogP contribution is 2.30. The lowest BCUT2D eigenvalue weighted by Crippen LogP contribution is -2.45. The number of halogens is 1. The molecule has 2 atom stereocenters. The van der Waals surface area contributed by atoms with Crippen molar-refractivity contribution < 1.29 is 19.1 Å². The van der Waals surface area contributed by atoms with Crippen molar-refractivity contribution in [1.29, 1.82) is 0 Å². The topological polar surface area (TPSA) is 66.4 Å². The van der Waals surface area contributed by atoms with Gasteiger partial charge in [0.15, 0.2) is 0 Å². The molecule has 1 aliphatic rings. The second-order valence-corrected chi connectivity index (χ2v) is 6.52. The molecular weight excluding hydrogens is 285 g/mol. The predicted octanol–water partition coefficient (Wildman–Crippen LogP) is 3.07. The second-order valence-electron chi connectivity index (χ2n) is 6.52. The largest absolute Gasteiger partial charge is 0.481 e. The van der Waals surface area contributed by atoms with Crippen LogP contribution in [0.3, 0.4) is 0 Å². The third kappa shape index (κ3) is 3.84. The summed E-state index contributed by atoms with van der Waals surface area (Å²) in [5, 5.41) is 12.0. The third-order valence-corrected chi connectivity index (χ3v) is 4.38. The molecule has 1 saturated carbocycles. The van der Waals surface area contributed by atoms with E-state index in [1.165, 1.54) is 12.1 Å². The lowest BCUT2D eigenvalue weighted by Gasteiger charge is -2.32. The Morgan fingerprint density at radius 1 is 1.27 bits per heavy atom. The van der Waals surface area contributed by atoms with Crippen molar-refractivity contribution in [1.82, 2.24) is 5.32 Å². The van der Waals surface area contributed by atoms with Crippen molar-refractivity contribution in [3.8, 4) is 0 Å². The molecule has 0 bridgehead atoms. The molecule has 2 rings (SSSR count). The van der Waals surface area contributed by atoms with Gasteiger partial charge in [-0.05, 0) is 50.8 Å². The molecule has 0 aromatic heterocycles. The lowest BCUT2D eigenvalue weighted by atomic mass is 9.80. The molecule has 1 fully saturated rings. The van der Waals surface area contributed by atoms with Crippen LogP contribution in [0.4, 0.5) is 4.39 Å². The summed E-state index contributed by atoms with van der Waals surface area (Å²) in [5.41, 5.74) is -0.0125. The minimum absolute atomic E-state index is 0.153. The summed E-state index contributed by atoms with van der Waals surface area (Å²) in [6.45, 7) is 3.63. The molecule has 1 aromatic carbocycles. The van der Waals surface area contributed by atoms with E-state index < -0.39 is 17.4 Å². The van der Waals surface area contributed by atoms with Crippen LogP contribution in [0.2, 0.25) is 0 Å². The number of carboxylic acids is 1. The van der Waals surface area contributed by atoms with Crippen molar-refractivity contribution in [2.24, 2.45) is 11.8 Å². The van der Waals surface area contributed by atoms with Crippen LogP contribution in [0.1, 0.15) is 45.1 Å². The standard InChI is InChI=1S/C17H22FNO3/c1-17(2,13-7-4-8-14(18)10-13)19-15(20)11-5-3-6-12(9-11)16(21)22/h4,7-8,10-12H,3,5-6,9H2,1-2H3,(H,19,20)(H,21,22). The summed E-state index contributed by atoms with van der Waals surface area (Å²) < 4.78 is 13.4. The van der Waals surface area contributed by atoms with E-state index in [0.717, 1.165) is 6.42 Å². The zero-order valence-corrected chi connectivity index (χ0v) is 12.9. The van der Waals surface area contributed by atoms with Crippen LogP contribution in [0.25, 0.3) is 0 Å². The molecular formula is C17H22FNO3. The molecule has 2 unspecified atom stereocenters. The molecule has 0 spiro atoms. The number of carboxylic acid groups (broad SMARTS) is 1. The number of carbonyl (C=O) groups excluding carboxylic acids is 1. The van der Waals surface area contributed by atoms with Gasteiger partial charge in [-0.3, -0.25) is 9.59 Å². The normalized spacial score (nSPS) is 22.1. The number of amides is 1. The molecule has 0 aliphatic heterocycles. The van der Waals surface area contributed by atoms with Gasteiger partial charge in [0.25, 0.3) is 0 Å². The van der Waals surface area contributed by atoms with Crippen LogP contribution in [-0.4, -0.2) is 17.0 Å². The van der Waals surface area contributed by atoms with Crippen LogP contribution < -0.4 is 5.32 Å². The first-order valence-corrected chi connectivity index (χ1v) is 7.60. The van der Waals surface area contributed by atoms with Crippen LogP contribution in [0.15, 0.2) is 24.3 Å². The maximum absolute atomic E-state index is 13.4. The van der Waals surface area contributed by atoms with Crippen LogP contribution >= 0.6 is 0 Å². The number of aliphatic carboxylic acids is 1. The van der Waals surface area contributed by atoms with E-state index in [1.807, 2.05) is 13.8 Å². The van der Waals surface area contributed by atoms with Gasteiger partial charge < -0.3 is 10.4 Å². The van der Waals surface area contributed by atoms with Gasteiger partial charge in [-0.15, -0.1) is 0 Å². The molecule has 1 aliphatic carbocycles. The third-order valence-electron chi connectivity index (χ3n) is 4.38. The van der Waals surface area contributed by atoms with Gasteiger partial charge in [-0.2, -0.15) is 0 Å². The van der Waals surface area contributed by atoms with Crippen molar-refractivity contribution in [2.45, 2.75) is 45.1 Å². The number of carbonyl (C=O) groups is 2. The fraction of sp³-hybridized carbons (Fsp3) is 0.529. The Morgan fingerprint density at radius 2 is 1.95 bits per heavy atom. The highest BCUT2D eigenvalue weighted by atomic mass is 19.1. The Morgan fingerprint density at radius 3 is 2.59 bits per heavy atom. The van der Waals surface area contributed by atoms with Gasteiger partial charge in [0.2, 0.25) is 5.91 Å². The summed E-state index contributed by atoms with van der Waals surface area (Å²) >= 11 is 0. The highest BCUT2D eigenvalue weighted by Gasteiger charge is 2.33. The van der Waals surface area contributed by atoms with Crippen molar-refractivity contribution in [3.63, 3.8) is 0 Å². The Labute approximate surface area is 129 Å². The number of rotatable bonds is 4. The van der Waals surface area contributed by atoms with Crippen molar-refractivity contribution >= 4 is 11.9 Å². The van der Waals surface area contributed by atoms with E-state index in [4.69, 9.17) is 5.11 Å². The average Bonchev–Trinajstić information content (AvgIpc) is 2.47. The highest BCUT2D eigenvalue weighted by molar-refractivity contribution is 5.81. The molecule has 0 heterocycles. The fourth-order valence-electron chi connectivity index (χ4n) is 3.01. The first-order valence-electron chi connectivity index (χ1n) is 7.60. The Balaban J connectivity index is 2.05. The van der Waals surface area contributed by atoms with Gasteiger partial charge in [-0.1, -0.05) is 18.6 Å². The maximum Gasteiger partial charge on any atom is 0.306 e. The summed E-state index contributed by atoms with van der Waals surface area (Å²) in [6, 6.07) is 6.14. The lowest BCUT2D eigenvalue weighted by molar-refractivity contribution is -0.144. The van der Waals surface area contributed by atoms with Crippen LogP contribution in [0.5, 0.6) is 0 Å².